The predicted octanol–water partition coefficient (Wildman–Crippen LogP) is 0.0778. The van der Waals surface area contributed by atoms with Crippen molar-refractivity contribution in [3.63, 3.8) is 0 Å². The van der Waals surface area contributed by atoms with Gasteiger partial charge in [-0.2, -0.15) is 0 Å². The molecule has 3 N–H and O–H groups in total. The van der Waals surface area contributed by atoms with Crippen molar-refractivity contribution in [1.82, 2.24) is 15.5 Å². The number of carboxylic acid groups (broad SMARTS) is 1. The Morgan fingerprint density at radius 1 is 1.11 bits per heavy atom. The fourth-order valence-electron chi connectivity index (χ4n) is 3.62. The van der Waals surface area contributed by atoms with E-state index >= 15 is 0 Å². The summed E-state index contributed by atoms with van der Waals surface area (Å²) in [5.41, 5.74) is 0.671. The Hall–Kier alpha value is -3.77. The fraction of sp³-hybridized carbons (Fsp3) is 0.435. The molecule has 4 amide bonds. The molecule has 12 nitrogen and oxygen atoms in total. The average Bonchev–Trinajstić information content (AvgIpc) is 3.07. The van der Waals surface area contributed by atoms with Crippen LogP contribution in [0.3, 0.4) is 0 Å². The number of imide groups is 1. The summed E-state index contributed by atoms with van der Waals surface area (Å²) in [5, 5.41) is 13.7. The number of piperidine rings is 1. The molecule has 35 heavy (non-hydrogen) atoms. The first-order valence-electron chi connectivity index (χ1n) is 11.1. The standard InChI is InChI=1S/C23H27N3O9/c1-14-5-6-16(21(30)25-14)26-22(31)15-3-2-4-17(20(15)23(26)32)35-13-18(27)24-8-10-34-12-11-33-9-7-19(28)29/h2-4,16H,1,5-13H2,(H,24,27)(H,25,30)(H,28,29). The molecule has 3 rings (SSSR count). The smallest absolute Gasteiger partial charge is 0.305 e. The molecule has 2 heterocycles. The molecule has 2 aliphatic heterocycles. The van der Waals surface area contributed by atoms with Gasteiger partial charge in [0, 0.05) is 12.2 Å². The van der Waals surface area contributed by atoms with Crippen LogP contribution in [0, 0.1) is 0 Å². The van der Waals surface area contributed by atoms with E-state index in [4.69, 9.17) is 19.3 Å². The highest BCUT2D eigenvalue weighted by molar-refractivity contribution is 6.24. The number of carboxylic acids is 1. The van der Waals surface area contributed by atoms with Crippen molar-refractivity contribution in [3.05, 3.63) is 41.6 Å². The topological polar surface area (TPSA) is 161 Å². The molecule has 188 valence electrons. The van der Waals surface area contributed by atoms with Crippen molar-refractivity contribution < 1.29 is 43.3 Å². The highest BCUT2D eigenvalue weighted by Gasteiger charge is 2.45. The van der Waals surface area contributed by atoms with Gasteiger partial charge in [-0.15, -0.1) is 0 Å². The third-order valence-corrected chi connectivity index (χ3v) is 5.30. The fourth-order valence-corrected chi connectivity index (χ4v) is 3.62. The van der Waals surface area contributed by atoms with Gasteiger partial charge in [0.15, 0.2) is 6.61 Å². The van der Waals surface area contributed by atoms with E-state index in [1.54, 1.807) is 0 Å². The number of amides is 4. The Balaban J connectivity index is 1.45. The zero-order valence-corrected chi connectivity index (χ0v) is 19.0. The third-order valence-electron chi connectivity index (χ3n) is 5.30. The summed E-state index contributed by atoms with van der Waals surface area (Å²) in [7, 11) is 0. The quantitative estimate of drug-likeness (QED) is 0.257. The number of carbonyl (C=O) groups excluding carboxylic acids is 4. The molecule has 0 saturated carbocycles. The second-order valence-electron chi connectivity index (χ2n) is 7.81. The molecule has 1 aromatic rings. The van der Waals surface area contributed by atoms with Crippen molar-refractivity contribution in [3.8, 4) is 5.75 Å². The molecule has 2 aliphatic rings. The molecule has 0 radical (unpaired) electrons. The Morgan fingerprint density at radius 3 is 2.57 bits per heavy atom. The number of hydrogen-bond donors (Lipinski definition) is 3. The average molecular weight is 489 g/mol. The maximum atomic E-state index is 13.0. The third kappa shape index (κ3) is 6.64. The number of fused-ring (bicyclic) bond motifs is 1. The molecule has 0 aliphatic carbocycles. The number of nitrogens with zero attached hydrogens (tertiary/aromatic N) is 1. The molecule has 1 fully saturated rings. The van der Waals surface area contributed by atoms with Crippen LogP contribution in [0.15, 0.2) is 30.5 Å². The highest BCUT2D eigenvalue weighted by atomic mass is 16.5. The summed E-state index contributed by atoms with van der Waals surface area (Å²) < 4.78 is 15.9. The summed E-state index contributed by atoms with van der Waals surface area (Å²) in [6, 6.07) is 3.56. The van der Waals surface area contributed by atoms with E-state index in [0.29, 0.717) is 12.1 Å². The number of nitrogens with one attached hydrogen (secondary N) is 2. The lowest BCUT2D eigenvalue weighted by Gasteiger charge is -2.29. The van der Waals surface area contributed by atoms with E-state index in [9.17, 15) is 24.0 Å². The first-order chi connectivity index (χ1) is 16.8. The lowest BCUT2D eigenvalue weighted by molar-refractivity contribution is -0.138. The lowest BCUT2D eigenvalue weighted by atomic mass is 10.0. The Bertz CT molecular complexity index is 1020. The van der Waals surface area contributed by atoms with Gasteiger partial charge in [0.1, 0.15) is 11.8 Å². The molecule has 1 aromatic carbocycles. The molecule has 1 saturated heterocycles. The number of hydrogen-bond acceptors (Lipinski definition) is 8. The molecule has 1 atom stereocenters. The van der Waals surface area contributed by atoms with E-state index in [1.807, 2.05) is 0 Å². The van der Waals surface area contributed by atoms with Gasteiger partial charge in [-0.25, -0.2) is 0 Å². The summed E-state index contributed by atoms with van der Waals surface area (Å²) in [5.74, 6) is -3.01. The Morgan fingerprint density at radius 2 is 1.86 bits per heavy atom. The van der Waals surface area contributed by atoms with Crippen LogP contribution in [0.4, 0.5) is 0 Å². The first-order valence-corrected chi connectivity index (χ1v) is 11.1. The molecule has 0 aromatic heterocycles. The second kappa shape index (κ2) is 12.1. The van der Waals surface area contributed by atoms with Crippen LogP contribution in [0.2, 0.25) is 0 Å². The minimum absolute atomic E-state index is 0.0220. The van der Waals surface area contributed by atoms with Crippen LogP contribution in [0.1, 0.15) is 40.0 Å². The van der Waals surface area contributed by atoms with E-state index in [-0.39, 0.29) is 69.3 Å². The van der Waals surface area contributed by atoms with Crippen molar-refractivity contribution in [1.29, 1.82) is 0 Å². The number of aliphatic carboxylic acids is 1. The van der Waals surface area contributed by atoms with Crippen molar-refractivity contribution in [2.45, 2.75) is 25.3 Å². The van der Waals surface area contributed by atoms with Crippen LogP contribution >= 0.6 is 0 Å². The van der Waals surface area contributed by atoms with E-state index < -0.39 is 35.6 Å². The zero-order valence-electron chi connectivity index (χ0n) is 19.0. The molecule has 12 heteroatoms. The maximum Gasteiger partial charge on any atom is 0.305 e. The minimum Gasteiger partial charge on any atom is -0.483 e. The van der Waals surface area contributed by atoms with Crippen LogP contribution in [0.25, 0.3) is 0 Å². The predicted molar refractivity (Wildman–Crippen MR) is 120 cm³/mol. The van der Waals surface area contributed by atoms with Crippen LogP contribution in [0.5, 0.6) is 5.75 Å². The van der Waals surface area contributed by atoms with E-state index in [2.05, 4.69) is 17.2 Å². The lowest BCUT2D eigenvalue weighted by Crippen LogP contribution is -2.51. The molecule has 0 spiro atoms. The minimum atomic E-state index is -0.938. The molecule has 1 unspecified atom stereocenters. The van der Waals surface area contributed by atoms with Crippen molar-refractivity contribution in [2.75, 3.05) is 39.6 Å². The van der Waals surface area contributed by atoms with Crippen LogP contribution in [-0.2, 0) is 23.9 Å². The van der Waals surface area contributed by atoms with E-state index in [1.165, 1.54) is 18.2 Å². The number of carbonyl (C=O) groups is 5. The summed E-state index contributed by atoms with van der Waals surface area (Å²) in [6.45, 7) is 4.33. The number of rotatable bonds is 13. The van der Waals surface area contributed by atoms with Gasteiger partial charge < -0.3 is 30.0 Å². The monoisotopic (exact) mass is 489 g/mol. The second-order valence-corrected chi connectivity index (χ2v) is 7.81. The van der Waals surface area contributed by atoms with Gasteiger partial charge in [0.05, 0.1) is 44.0 Å². The molecule has 0 bridgehead atoms. The first kappa shape index (κ1) is 25.8. The molecular formula is C23H27N3O9. The Kier molecular flexibility index (Phi) is 8.92. The Labute approximate surface area is 201 Å². The normalized spacial score (nSPS) is 17.3. The van der Waals surface area contributed by atoms with Gasteiger partial charge in [-0.1, -0.05) is 12.6 Å². The summed E-state index contributed by atoms with van der Waals surface area (Å²) >= 11 is 0. The van der Waals surface area contributed by atoms with Crippen molar-refractivity contribution >= 4 is 29.6 Å². The van der Waals surface area contributed by atoms with Crippen LogP contribution < -0.4 is 15.4 Å². The molecular weight excluding hydrogens is 462 g/mol. The summed E-state index contributed by atoms with van der Waals surface area (Å²) in [4.78, 5) is 61.6. The zero-order chi connectivity index (χ0) is 25.4. The largest absolute Gasteiger partial charge is 0.483 e. The van der Waals surface area contributed by atoms with Crippen LogP contribution in [-0.4, -0.2) is 85.2 Å². The number of benzene rings is 1. The van der Waals surface area contributed by atoms with Crippen molar-refractivity contribution in [2.24, 2.45) is 0 Å². The van der Waals surface area contributed by atoms with Gasteiger partial charge in [0.25, 0.3) is 17.7 Å². The SMILES string of the molecule is C=C1CCC(N2C(=O)c3cccc(OCC(=O)NCCOCCOCCC(=O)O)c3C2=O)C(=O)N1. The van der Waals surface area contributed by atoms with Gasteiger partial charge in [-0.05, 0) is 25.0 Å². The number of ether oxygens (including phenoxy) is 3. The van der Waals surface area contributed by atoms with Gasteiger partial charge in [-0.3, -0.25) is 28.9 Å². The number of allylic oxidation sites excluding steroid dienone is 1. The van der Waals surface area contributed by atoms with Gasteiger partial charge in [0.2, 0.25) is 5.91 Å². The van der Waals surface area contributed by atoms with E-state index in [0.717, 1.165) is 4.90 Å². The maximum absolute atomic E-state index is 13.0. The van der Waals surface area contributed by atoms with Gasteiger partial charge >= 0.3 is 5.97 Å². The highest BCUT2D eigenvalue weighted by Crippen LogP contribution is 2.33. The summed E-state index contributed by atoms with van der Waals surface area (Å²) in [6.07, 6.45) is 0.657.